The fraction of sp³-hybridized carbons (Fsp3) is 0.750. The Balaban J connectivity index is 1.40. The number of rotatable bonds is 8. The van der Waals surface area contributed by atoms with Gasteiger partial charge in [0.05, 0.1) is 25.9 Å². The quantitative estimate of drug-likeness (QED) is 0.716. The van der Waals surface area contributed by atoms with Gasteiger partial charge in [-0.3, -0.25) is 4.90 Å². The van der Waals surface area contributed by atoms with Crippen LogP contribution in [-0.2, 0) is 4.74 Å². The predicted octanol–water partition coefficient (Wildman–Crippen LogP) is 3.66. The molecule has 0 radical (unpaired) electrons. The molecule has 0 spiro atoms. The highest BCUT2D eigenvalue weighted by atomic mass is 16.5. The third-order valence-corrected chi connectivity index (χ3v) is 6.74. The molecule has 1 N–H and O–H groups in total. The Morgan fingerprint density at radius 1 is 1.07 bits per heavy atom. The third kappa shape index (κ3) is 6.34. The van der Waals surface area contributed by atoms with E-state index in [9.17, 15) is 5.11 Å². The summed E-state index contributed by atoms with van der Waals surface area (Å²) in [5.74, 6) is 2.91. The normalized spacial score (nSPS) is 27.2. The molecule has 1 saturated heterocycles. The van der Waals surface area contributed by atoms with Crippen LogP contribution >= 0.6 is 0 Å². The second-order valence-electron chi connectivity index (χ2n) is 9.34. The summed E-state index contributed by atoms with van der Waals surface area (Å²) < 4.78 is 11.5. The number of β-amino-alcohol motifs (C(OH)–C–C–N with tert-alkyl or cyclic N) is 1. The van der Waals surface area contributed by atoms with E-state index in [-0.39, 0.29) is 0 Å². The second kappa shape index (κ2) is 10.6. The van der Waals surface area contributed by atoms with E-state index in [1.165, 1.54) is 18.5 Å². The third-order valence-electron chi connectivity index (χ3n) is 6.74. The van der Waals surface area contributed by atoms with Gasteiger partial charge < -0.3 is 19.5 Å². The lowest BCUT2D eigenvalue weighted by Gasteiger charge is -2.39. The number of aliphatic hydroxyl groups excluding tert-OH is 1. The van der Waals surface area contributed by atoms with Crippen molar-refractivity contribution in [3.63, 3.8) is 0 Å². The molecule has 1 aromatic rings. The first-order valence-corrected chi connectivity index (χ1v) is 11.4. The lowest BCUT2D eigenvalue weighted by Crippen LogP contribution is -2.49. The van der Waals surface area contributed by atoms with Crippen molar-refractivity contribution in [2.45, 2.75) is 52.2 Å². The van der Waals surface area contributed by atoms with Crippen molar-refractivity contribution in [1.29, 1.82) is 0 Å². The zero-order valence-electron chi connectivity index (χ0n) is 18.7. The van der Waals surface area contributed by atoms with Crippen molar-refractivity contribution in [2.75, 3.05) is 51.3 Å². The Labute approximate surface area is 177 Å². The van der Waals surface area contributed by atoms with Crippen LogP contribution in [0.1, 0.15) is 40.0 Å². The SMILES string of the molecule is COc1ccc(N2CCN(C[C@@H](O)CO[C@@H]3C[C@@H](C)CC[C@H]3C(C)C)CC2)cc1. The van der Waals surface area contributed by atoms with Crippen LogP contribution in [0.2, 0.25) is 0 Å². The van der Waals surface area contributed by atoms with Gasteiger partial charge in [-0.05, 0) is 54.9 Å². The van der Waals surface area contributed by atoms with Gasteiger partial charge in [0.25, 0.3) is 0 Å². The zero-order chi connectivity index (χ0) is 20.8. The standard InChI is InChI=1S/C24H40N2O3/c1-18(2)23-10-5-19(3)15-24(23)29-17-21(27)16-25-11-13-26(14-12-25)20-6-8-22(28-4)9-7-20/h6-9,18-19,21,23-24,27H,5,10-17H2,1-4H3/t19-,21+,23-,24+/m0/s1. The molecule has 5 nitrogen and oxygen atoms in total. The van der Waals surface area contributed by atoms with Crippen molar-refractivity contribution in [1.82, 2.24) is 4.90 Å². The average molecular weight is 405 g/mol. The summed E-state index contributed by atoms with van der Waals surface area (Å²) >= 11 is 0. The van der Waals surface area contributed by atoms with Gasteiger partial charge in [0.2, 0.25) is 0 Å². The average Bonchev–Trinajstić information content (AvgIpc) is 2.73. The van der Waals surface area contributed by atoms with Crippen LogP contribution in [0.5, 0.6) is 5.75 Å². The number of hydrogen-bond acceptors (Lipinski definition) is 5. The first-order chi connectivity index (χ1) is 14.0. The lowest BCUT2D eigenvalue weighted by molar-refractivity contribution is -0.0740. The number of hydrogen-bond donors (Lipinski definition) is 1. The number of aliphatic hydroxyl groups is 1. The molecule has 164 valence electrons. The molecule has 5 heteroatoms. The smallest absolute Gasteiger partial charge is 0.119 e. The predicted molar refractivity (Wildman–Crippen MR) is 119 cm³/mol. The maximum atomic E-state index is 10.6. The second-order valence-corrected chi connectivity index (χ2v) is 9.34. The van der Waals surface area contributed by atoms with Crippen LogP contribution in [0, 0.1) is 17.8 Å². The first kappa shape index (κ1) is 22.4. The van der Waals surface area contributed by atoms with E-state index in [2.05, 4.69) is 42.7 Å². The minimum absolute atomic E-state index is 0.306. The highest BCUT2D eigenvalue weighted by Gasteiger charge is 2.32. The van der Waals surface area contributed by atoms with E-state index >= 15 is 0 Å². The van der Waals surface area contributed by atoms with Gasteiger partial charge in [-0.2, -0.15) is 0 Å². The number of anilines is 1. The lowest BCUT2D eigenvalue weighted by atomic mass is 9.75. The van der Waals surface area contributed by atoms with E-state index in [1.807, 2.05) is 12.1 Å². The van der Waals surface area contributed by atoms with E-state index in [1.54, 1.807) is 7.11 Å². The molecule has 1 heterocycles. The Morgan fingerprint density at radius 2 is 1.76 bits per heavy atom. The summed E-state index contributed by atoms with van der Waals surface area (Å²) in [5, 5.41) is 10.6. The van der Waals surface area contributed by atoms with Crippen molar-refractivity contribution in [2.24, 2.45) is 17.8 Å². The molecular formula is C24H40N2O3. The van der Waals surface area contributed by atoms with Crippen molar-refractivity contribution in [3.05, 3.63) is 24.3 Å². The Bertz CT molecular complexity index is 599. The fourth-order valence-corrected chi connectivity index (χ4v) is 4.87. The van der Waals surface area contributed by atoms with E-state index in [0.717, 1.165) is 44.3 Å². The van der Waals surface area contributed by atoms with E-state index in [0.29, 0.717) is 31.1 Å². The highest BCUT2D eigenvalue weighted by molar-refractivity contribution is 5.49. The maximum Gasteiger partial charge on any atom is 0.119 e. The van der Waals surface area contributed by atoms with Crippen LogP contribution < -0.4 is 9.64 Å². The fourth-order valence-electron chi connectivity index (χ4n) is 4.87. The minimum Gasteiger partial charge on any atom is -0.497 e. The van der Waals surface area contributed by atoms with Gasteiger partial charge in [-0.15, -0.1) is 0 Å². The Kier molecular flexibility index (Phi) is 8.22. The molecule has 1 aliphatic heterocycles. The van der Waals surface area contributed by atoms with Crippen LogP contribution in [0.4, 0.5) is 5.69 Å². The van der Waals surface area contributed by atoms with Crippen LogP contribution in [0.3, 0.4) is 0 Å². The molecule has 1 saturated carbocycles. The highest BCUT2D eigenvalue weighted by Crippen LogP contribution is 2.35. The summed E-state index contributed by atoms with van der Waals surface area (Å²) in [6.45, 7) is 12.0. The van der Waals surface area contributed by atoms with Gasteiger partial charge in [0.1, 0.15) is 5.75 Å². The van der Waals surface area contributed by atoms with Gasteiger partial charge in [-0.25, -0.2) is 0 Å². The molecule has 0 aromatic heterocycles. The van der Waals surface area contributed by atoms with Gasteiger partial charge in [-0.1, -0.05) is 27.2 Å². The first-order valence-electron chi connectivity index (χ1n) is 11.4. The molecular weight excluding hydrogens is 364 g/mol. The van der Waals surface area contributed by atoms with Crippen LogP contribution in [-0.4, -0.2) is 68.7 Å². The van der Waals surface area contributed by atoms with Gasteiger partial charge >= 0.3 is 0 Å². The number of methoxy groups -OCH3 is 1. The summed E-state index contributed by atoms with van der Waals surface area (Å²) in [5.41, 5.74) is 1.24. The van der Waals surface area contributed by atoms with Crippen molar-refractivity contribution < 1.29 is 14.6 Å². The Morgan fingerprint density at radius 3 is 2.38 bits per heavy atom. The minimum atomic E-state index is -0.410. The molecule has 4 atom stereocenters. The molecule has 0 unspecified atom stereocenters. The van der Waals surface area contributed by atoms with Gasteiger partial charge in [0, 0.05) is 38.4 Å². The monoisotopic (exact) mass is 404 g/mol. The maximum absolute atomic E-state index is 10.6. The Hall–Kier alpha value is -1.30. The number of benzene rings is 1. The molecule has 1 aromatic carbocycles. The summed E-state index contributed by atoms with van der Waals surface area (Å²) in [6, 6.07) is 8.26. The molecule has 2 aliphatic rings. The van der Waals surface area contributed by atoms with Crippen molar-refractivity contribution in [3.8, 4) is 5.75 Å². The molecule has 0 bridgehead atoms. The molecule has 1 aliphatic carbocycles. The van der Waals surface area contributed by atoms with Crippen LogP contribution in [0.15, 0.2) is 24.3 Å². The largest absolute Gasteiger partial charge is 0.497 e. The molecule has 29 heavy (non-hydrogen) atoms. The molecule has 3 rings (SSSR count). The topological polar surface area (TPSA) is 45.2 Å². The van der Waals surface area contributed by atoms with E-state index in [4.69, 9.17) is 9.47 Å². The number of nitrogens with zero attached hydrogens (tertiary/aromatic N) is 2. The van der Waals surface area contributed by atoms with Crippen molar-refractivity contribution >= 4 is 5.69 Å². The van der Waals surface area contributed by atoms with Crippen LogP contribution in [0.25, 0.3) is 0 Å². The summed E-state index contributed by atoms with van der Waals surface area (Å²) in [4.78, 5) is 4.76. The summed E-state index contributed by atoms with van der Waals surface area (Å²) in [6.07, 6.45) is 3.60. The zero-order valence-corrected chi connectivity index (χ0v) is 18.7. The van der Waals surface area contributed by atoms with Gasteiger partial charge in [0.15, 0.2) is 0 Å². The van der Waals surface area contributed by atoms with E-state index < -0.39 is 6.10 Å². The summed E-state index contributed by atoms with van der Waals surface area (Å²) in [7, 11) is 1.70. The molecule has 2 fully saturated rings. The molecule has 0 amide bonds. The number of piperazine rings is 1. The number of ether oxygens (including phenoxy) is 2.